The highest BCUT2D eigenvalue weighted by atomic mass is 35.5. The predicted molar refractivity (Wildman–Crippen MR) is 116 cm³/mol. The van der Waals surface area contributed by atoms with E-state index < -0.39 is 0 Å². The van der Waals surface area contributed by atoms with E-state index in [2.05, 4.69) is 27.6 Å². The first-order chi connectivity index (χ1) is 13.3. The Morgan fingerprint density at radius 1 is 0.852 bits per heavy atom. The zero-order valence-electron chi connectivity index (χ0n) is 14.3. The van der Waals surface area contributed by atoms with Gasteiger partial charge in [-0.1, -0.05) is 72.3 Å². The van der Waals surface area contributed by atoms with E-state index >= 15 is 0 Å². The van der Waals surface area contributed by atoms with Gasteiger partial charge in [-0.05, 0) is 34.9 Å². The first kappa shape index (κ1) is 17.5. The van der Waals surface area contributed by atoms with Crippen LogP contribution in [0.4, 0.5) is 5.13 Å². The van der Waals surface area contributed by atoms with Crippen LogP contribution in [0.5, 0.6) is 0 Å². The van der Waals surface area contributed by atoms with Crippen molar-refractivity contribution in [2.45, 2.75) is 0 Å². The maximum Gasteiger partial charge on any atom is 0.203 e. The smallest absolute Gasteiger partial charge is 0.203 e. The summed E-state index contributed by atoms with van der Waals surface area (Å²) in [6.07, 6.45) is 1.79. The van der Waals surface area contributed by atoms with E-state index in [1.165, 1.54) is 11.3 Å². The quantitative estimate of drug-likeness (QED) is 0.309. The van der Waals surface area contributed by atoms with E-state index in [4.69, 9.17) is 11.6 Å². The zero-order chi connectivity index (χ0) is 18.5. The number of thiazole rings is 1. The lowest BCUT2D eigenvalue weighted by atomic mass is 10.0. The highest BCUT2D eigenvalue weighted by Gasteiger charge is 2.03. The largest absolute Gasteiger partial charge is 0.253 e. The van der Waals surface area contributed by atoms with Crippen LogP contribution in [-0.4, -0.2) is 11.2 Å². The molecule has 0 bridgehead atoms. The van der Waals surface area contributed by atoms with Crippen molar-refractivity contribution in [3.05, 3.63) is 94.8 Å². The molecule has 1 aromatic heterocycles. The van der Waals surface area contributed by atoms with Crippen molar-refractivity contribution < 1.29 is 0 Å². The van der Waals surface area contributed by atoms with Crippen molar-refractivity contribution in [2.24, 2.45) is 5.10 Å². The van der Waals surface area contributed by atoms with Gasteiger partial charge in [-0.3, -0.25) is 5.43 Å². The maximum atomic E-state index is 6.09. The van der Waals surface area contributed by atoms with Gasteiger partial charge in [0.05, 0.1) is 11.9 Å². The Morgan fingerprint density at radius 3 is 2.41 bits per heavy atom. The minimum Gasteiger partial charge on any atom is -0.253 e. The third-order valence-corrected chi connectivity index (χ3v) is 4.97. The van der Waals surface area contributed by atoms with Gasteiger partial charge in [0.1, 0.15) is 0 Å². The van der Waals surface area contributed by atoms with Gasteiger partial charge < -0.3 is 0 Å². The van der Waals surface area contributed by atoms with E-state index in [0.717, 1.165) is 38.1 Å². The second-order valence-corrected chi connectivity index (χ2v) is 7.20. The van der Waals surface area contributed by atoms with Crippen LogP contribution in [0.2, 0.25) is 5.02 Å². The van der Waals surface area contributed by atoms with Crippen molar-refractivity contribution in [3.8, 4) is 22.4 Å². The molecule has 0 fully saturated rings. The van der Waals surface area contributed by atoms with Gasteiger partial charge in [0, 0.05) is 16.0 Å². The summed E-state index contributed by atoms with van der Waals surface area (Å²) in [7, 11) is 0. The van der Waals surface area contributed by atoms with Crippen LogP contribution in [0, 0.1) is 0 Å². The van der Waals surface area contributed by atoms with Crippen molar-refractivity contribution in [1.82, 2.24) is 4.98 Å². The number of nitrogens with zero attached hydrogens (tertiary/aromatic N) is 2. The first-order valence-corrected chi connectivity index (χ1v) is 9.70. The minimum atomic E-state index is 0.728. The summed E-state index contributed by atoms with van der Waals surface area (Å²) in [5.74, 6) is 0. The standard InChI is InChI=1S/C22H16ClN3S/c23-20-11-5-10-19(13-20)18-9-4-6-16(12-18)14-24-26-22-25-21(15-27-22)17-7-2-1-3-8-17/h1-15H,(H,25,26). The molecule has 4 rings (SSSR count). The van der Waals surface area contributed by atoms with Crippen LogP contribution >= 0.6 is 22.9 Å². The number of anilines is 1. The fourth-order valence-corrected chi connectivity index (χ4v) is 3.55. The predicted octanol–water partition coefficient (Wildman–Crippen LogP) is 6.58. The summed E-state index contributed by atoms with van der Waals surface area (Å²) in [5.41, 5.74) is 8.23. The van der Waals surface area contributed by atoms with Crippen molar-refractivity contribution in [1.29, 1.82) is 0 Å². The SMILES string of the molecule is Clc1cccc(-c2cccc(C=NNc3nc(-c4ccccc4)cs3)c2)c1. The van der Waals surface area contributed by atoms with Gasteiger partial charge in [0.2, 0.25) is 5.13 Å². The average Bonchev–Trinajstić information content (AvgIpc) is 3.18. The van der Waals surface area contributed by atoms with Crippen LogP contribution in [0.15, 0.2) is 89.3 Å². The molecule has 0 spiro atoms. The number of nitrogens with one attached hydrogen (secondary N) is 1. The zero-order valence-corrected chi connectivity index (χ0v) is 15.9. The Hall–Kier alpha value is -2.95. The fraction of sp³-hybridized carbons (Fsp3) is 0. The normalized spacial score (nSPS) is 11.0. The van der Waals surface area contributed by atoms with E-state index in [0.29, 0.717) is 0 Å². The fourth-order valence-electron chi connectivity index (χ4n) is 2.70. The molecule has 4 aromatic rings. The molecule has 3 nitrogen and oxygen atoms in total. The van der Waals surface area contributed by atoms with Gasteiger partial charge in [-0.2, -0.15) is 5.10 Å². The molecule has 0 saturated carbocycles. The second kappa shape index (κ2) is 8.16. The lowest BCUT2D eigenvalue weighted by molar-refractivity contribution is 1.29. The number of hydrazone groups is 1. The lowest BCUT2D eigenvalue weighted by Crippen LogP contribution is -1.90. The van der Waals surface area contributed by atoms with E-state index in [1.54, 1.807) is 6.21 Å². The van der Waals surface area contributed by atoms with Crippen molar-refractivity contribution in [2.75, 3.05) is 5.43 Å². The molecule has 0 amide bonds. The van der Waals surface area contributed by atoms with Gasteiger partial charge >= 0.3 is 0 Å². The van der Waals surface area contributed by atoms with Crippen LogP contribution < -0.4 is 5.43 Å². The number of rotatable bonds is 5. The highest BCUT2D eigenvalue weighted by molar-refractivity contribution is 7.14. The number of hydrogen-bond acceptors (Lipinski definition) is 4. The van der Waals surface area contributed by atoms with Crippen LogP contribution in [-0.2, 0) is 0 Å². The van der Waals surface area contributed by atoms with Gasteiger partial charge in [0.15, 0.2) is 0 Å². The van der Waals surface area contributed by atoms with E-state index in [1.807, 2.05) is 72.1 Å². The summed E-state index contributed by atoms with van der Waals surface area (Å²) in [6, 6.07) is 26.1. The summed E-state index contributed by atoms with van der Waals surface area (Å²) >= 11 is 7.62. The molecule has 0 radical (unpaired) electrons. The molecule has 0 saturated heterocycles. The lowest BCUT2D eigenvalue weighted by Gasteiger charge is -2.03. The summed E-state index contributed by atoms with van der Waals surface area (Å²) in [5, 5.41) is 7.83. The molecule has 1 N–H and O–H groups in total. The third-order valence-electron chi connectivity index (χ3n) is 3.99. The molecule has 132 valence electrons. The van der Waals surface area contributed by atoms with Crippen molar-refractivity contribution >= 4 is 34.3 Å². The average molecular weight is 390 g/mol. The first-order valence-electron chi connectivity index (χ1n) is 8.44. The number of hydrogen-bond donors (Lipinski definition) is 1. The summed E-state index contributed by atoms with van der Waals surface area (Å²) < 4.78 is 0. The number of halogens is 1. The van der Waals surface area contributed by atoms with Gasteiger partial charge in [-0.15, -0.1) is 11.3 Å². The van der Waals surface area contributed by atoms with Crippen LogP contribution in [0.25, 0.3) is 22.4 Å². The minimum absolute atomic E-state index is 0.728. The Balaban J connectivity index is 1.46. The van der Waals surface area contributed by atoms with Gasteiger partial charge in [-0.25, -0.2) is 4.98 Å². The Kier molecular flexibility index (Phi) is 5.28. The Bertz CT molecular complexity index is 1070. The molecule has 0 aliphatic heterocycles. The number of benzene rings is 3. The second-order valence-electron chi connectivity index (χ2n) is 5.91. The van der Waals surface area contributed by atoms with Crippen LogP contribution in [0.3, 0.4) is 0 Å². The summed E-state index contributed by atoms with van der Waals surface area (Å²) in [6.45, 7) is 0. The molecule has 5 heteroatoms. The topological polar surface area (TPSA) is 37.3 Å². The molecular formula is C22H16ClN3S. The summed E-state index contributed by atoms with van der Waals surface area (Å²) in [4.78, 5) is 4.57. The Labute approximate surface area is 167 Å². The molecule has 0 aliphatic rings. The molecule has 0 unspecified atom stereocenters. The van der Waals surface area contributed by atoms with E-state index in [9.17, 15) is 0 Å². The van der Waals surface area contributed by atoms with Gasteiger partial charge in [0.25, 0.3) is 0 Å². The molecule has 3 aromatic carbocycles. The monoisotopic (exact) mass is 389 g/mol. The molecule has 27 heavy (non-hydrogen) atoms. The Morgan fingerprint density at radius 2 is 1.59 bits per heavy atom. The third kappa shape index (κ3) is 4.42. The molecule has 0 aliphatic carbocycles. The maximum absolute atomic E-state index is 6.09. The molecular weight excluding hydrogens is 374 g/mol. The van der Waals surface area contributed by atoms with E-state index in [-0.39, 0.29) is 0 Å². The highest BCUT2D eigenvalue weighted by Crippen LogP contribution is 2.25. The molecule has 1 heterocycles. The van der Waals surface area contributed by atoms with Crippen LogP contribution in [0.1, 0.15) is 5.56 Å². The molecule has 0 atom stereocenters. The number of aromatic nitrogens is 1. The van der Waals surface area contributed by atoms with Crippen molar-refractivity contribution in [3.63, 3.8) is 0 Å².